The quantitative estimate of drug-likeness (QED) is 0.892. The molecule has 3 rings (SSSR count). The van der Waals surface area contributed by atoms with Crippen LogP contribution in [0.2, 0.25) is 0 Å². The van der Waals surface area contributed by atoms with Crippen molar-refractivity contribution in [2.24, 2.45) is 11.1 Å². The molecule has 1 aromatic carbocycles. The fourth-order valence-corrected chi connectivity index (χ4v) is 2.71. The summed E-state index contributed by atoms with van der Waals surface area (Å²) in [6.45, 7) is 1.51. The number of hydrogen-bond acceptors (Lipinski definition) is 2. The van der Waals surface area contributed by atoms with E-state index in [4.69, 9.17) is 11.0 Å². The van der Waals surface area contributed by atoms with Gasteiger partial charge in [-0.15, -0.1) is 0 Å². The molecule has 0 amide bonds. The SMILES string of the molecule is N#CCC1(Cn2cc(CN)c3ccccc32)CC1. The van der Waals surface area contributed by atoms with Gasteiger partial charge in [-0.3, -0.25) is 0 Å². The number of benzene rings is 1. The topological polar surface area (TPSA) is 54.7 Å². The van der Waals surface area contributed by atoms with Gasteiger partial charge in [0.2, 0.25) is 0 Å². The van der Waals surface area contributed by atoms with E-state index in [0.29, 0.717) is 13.0 Å². The molecule has 1 aliphatic rings. The molecule has 0 aliphatic heterocycles. The zero-order valence-electron chi connectivity index (χ0n) is 10.4. The van der Waals surface area contributed by atoms with Crippen LogP contribution >= 0.6 is 0 Å². The van der Waals surface area contributed by atoms with Crippen molar-refractivity contribution in [3.8, 4) is 6.07 Å². The van der Waals surface area contributed by atoms with Crippen molar-refractivity contribution in [1.82, 2.24) is 4.57 Å². The molecule has 1 aromatic heterocycles. The Balaban J connectivity index is 2.00. The van der Waals surface area contributed by atoms with Gasteiger partial charge in [0, 0.05) is 42.0 Å². The van der Waals surface area contributed by atoms with E-state index in [0.717, 1.165) is 6.54 Å². The largest absolute Gasteiger partial charge is 0.347 e. The van der Waals surface area contributed by atoms with Crippen LogP contribution < -0.4 is 5.73 Å². The Morgan fingerprint density at radius 2 is 2.11 bits per heavy atom. The van der Waals surface area contributed by atoms with E-state index in [1.54, 1.807) is 0 Å². The monoisotopic (exact) mass is 239 g/mol. The fourth-order valence-electron chi connectivity index (χ4n) is 2.71. The van der Waals surface area contributed by atoms with Crippen molar-refractivity contribution in [3.63, 3.8) is 0 Å². The highest BCUT2D eigenvalue weighted by atomic mass is 15.0. The number of hydrogen-bond donors (Lipinski definition) is 1. The van der Waals surface area contributed by atoms with Crippen LogP contribution in [0.1, 0.15) is 24.8 Å². The highest BCUT2D eigenvalue weighted by molar-refractivity contribution is 5.83. The summed E-state index contributed by atoms with van der Waals surface area (Å²) in [5.41, 5.74) is 8.46. The number of nitrogens with zero attached hydrogens (tertiary/aromatic N) is 2. The van der Waals surface area contributed by atoms with Gasteiger partial charge in [0.05, 0.1) is 6.07 Å². The average molecular weight is 239 g/mol. The minimum atomic E-state index is 0.225. The second-order valence-corrected chi connectivity index (χ2v) is 5.34. The van der Waals surface area contributed by atoms with Crippen molar-refractivity contribution < 1.29 is 0 Å². The highest BCUT2D eigenvalue weighted by Gasteiger charge is 2.42. The predicted octanol–water partition coefficient (Wildman–Crippen LogP) is 2.79. The molecule has 0 unspecified atom stereocenters. The third-order valence-electron chi connectivity index (χ3n) is 4.01. The maximum Gasteiger partial charge on any atom is 0.0628 e. The van der Waals surface area contributed by atoms with Crippen LogP contribution in [0.25, 0.3) is 10.9 Å². The van der Waals surface area contributed by atoms with Gasteiger partial charge in [0.1, 0.15) is 0 Å². The molecule has 92 valence electrons. The number of fused-ring (bicyclic) bond motifs is 1. The standard InChI is InChI=1S/C15H17N3/c16-8-7-15(5-6-15)11-18-10-12(9-17)13-3-1-2-4-14(13)18/h1-4,10H,5-7,9,11,17H2. The summed E-state index contributed by atoms with van der Waals surface area (Å²) in [7, 11) is 0. The summed E-state index contributed by atoms with van der Waals surface area (Å²) < 4.78 is 2.28. The van der Waals surface area contributed by atoms with E-state index in [9.17, 15) is 0 Å². The molecule has 3 nitrogen and oxygen atoms in total. The second-order valence-electron chi connectivity index (χ2n) is 5.34. The van der Waals surface area contributed by atoms with Crippen molar-refractivity contribution in [2.75, 3.05) is 0 Å². The van der Waals surface area contributed by atoms with Crippen molar-refractivity contribution in [1.29, 1.82) is 5.26 Å². The number of nitrogens with two attached hydrogens (primary N) is 1. The lowest BCUT2D eigenvalue weighted by atomic mass is 10.0. The Labute approximate surface area is 107 Å². The van der Waals surface area contributed by atoms with E-state index >= 15 is 0 Å². The van der Waals surface area contributed by atoms with Gasteiger partial charge in [0.25, 0.3) is 0 Å². The van der Waals surface area contributed by atoms with E-state index < -0.39 is 0 Å². The first-order chi connectivity index (χ1) is 8.78. The highest BCUT2D eigenvalue weighted by Crippen LogP contribution is 2.50. The summed E-state index contributed by atoms with van der Waals surface area (Å²) in [4.78, 5) is 0. The van der Waals surface area contributed by atoms with Crippen LogP contribution in [-0.2, 0) is 13.1 Å². The normalized spacial score (nSPS) is 16.7. The van der Waals surface area contributed by atoms with Crippen molar-refractivity contribution in [2.45, 2.75) is 32.4 Å². The lowest BCUT2D eigenvalue weighted by Crippen LogP contribution is -2.10. The smallest absolute Gasteiger partial charge is 0.0628 e. The molecule has 1 aliphatic carbocycles. The van der Waals surface area contributed by atoms with Gasteiger partial charge < -0.3 is 10.3 Å². The molecule has 1 fully saturated rings. The molecule has 0 saturated heterocycles. The first-order valence-corrected chi connectivity index (χ1v) is 6.42. The fraction of sp³-hybridized carbons (Fsp3) is 0.400. The van der Waals surface area contributed by atoms with Gasteiger partial charge in [-0.2, -0.15) is 5.26 Å². The molecule has 2 aromatic rings. The molecule has 0 bridgehead atoms. The van der Waals surface area contributed by atoms with Crippen LogP contribution in [0, 0.1) is 16.7 Å². The number of aromatic nitrogens is 1. The predicted molar refractivity (Wildman–Crippen MR) is 71.7 cm³/mol. The minimum Gasteiger partial charge on any atom is -0.347 e. The van der Waals surface area contributed by atoms with Gasteiger partial charge in [-0.05, 0) is 24.5 Å². The summed E-state index contributed by atoms with van der Waals surface area (Å²) in [6, 6.07) is 10.7. The van der Waals surface area contributed by atoms with E-state index in [1.165, 1.54) is 29.3 Å². The van der Waals surface area contributed by atoms with E-state index in [-0.39, 0.29) is 5.41 Å². The second kappa shape index (κ2) is 4.15. The molecular formula is C15H17N3. The maximum absolute atomic E-state index is 8.91. The van der Waals surface area contributed by atoms with Crippen LogP contribution in [0.5, 0.6) is 0 Å². The van der Waals surface area contributed by atoms with Gasteiger partial charge in [0.15, 0.2) is 0 Å². The van der Waals surface area contributed by atoms with E-state index in [1.807, 2.05) is 6.07 Å². The molecule has 1 heterocycles. The molecule has 0 spiro atoms. The zero-order valence-corrected chi connectivity index (χ0v) is 10.4. The van der Waals surface area contributed by atoms with E-state index in [2.05, 4.69) is 35.0 Å². The maximum atomic E-state index is 8.91. The summed E-state index contributed by atoms with van der Waals surface area (Å²) in [5.74, 6) is 0. The third-order valence-corrected chi connectivity index (χ3v) is 4.01. The molecule has 0 atom stereocenters. The molecule has 2 N–H and O–H groups in total. The zero-order chi connectivity index (χ0) is 12.6. The average Bonchev–Trinajstić information content (AvgIpc) is 3.05. The minimum absolute atomic E-state index is 0.225. The first-order valence-electron chi connectivity index (χ1n) is 6.42. The van der Waals surface area contributed by atoms with Gasteiger partial charge >= 0.3 is 0 Å². The Bertz CT molecular complexity index is 614. The summed E-state index contributed by atoms with van der Waals surface area (Å²) in [6.07, 6.45) is 5.16. The third kappa shape index (κ3) is 1.79. The van der Waals surface area contributed by atoms with Crippen molar-refractivity contribution in [3.05, 3.63) is 36.0 Å². The molecular weight excluding hydrogens is 222 g/mol. The molecule has 18 heavy (non-hydrogen) atoms. The Hall–Kier alpha value is -1.79. The Morgan fingerprint density at radius 1 is 1.33 bits per heavy atom. The lowest BCUT2D eigenvalue weighted by Gasteiger charge is -2.13. The summed E-state index contributed by atoms with van der Waals surface area (Å²) in [5, 5.41) is 10.1. The number of para-hydroxylation sites is 1. The Kier molecular flexibility index (Phi) is 2.61. The molecule has 0 radical (unpaired) electrons. The molecule has 3 heteroatoms. The van der Waals surface area contributed by atoms with Gasteiger partial charge in [-0.25, -0.2) is 0 Å². The van der Waals surface area contributed by atoms with Crippen LogP contribution in [0.3, 0.4) is 0 Å². The van der Waals surface area contributed by atoms with Crippen LogP contribution in [0.15, 0.2) is 30.5 Å². The van der Waals surface area contributed by atoms with Crippen LogP contribution in [0.4, 0.5) is 0 Å². The number of nitriles is 1. The molecule has 1 saturated carbocycles. The Morgan fingerprint density at radius 3 is 2.78 bits per heavy atom. The summed E-state index contributed by atoms with van der Waals surface area (Å²) >= 11 is 0. The first kappa shape index (κ1) is 11.3. The van der Waals surface area contributed by atoms with Crippen LogP contribution in [-0.4, -0.2) is 4.57 Å². The lowest BCUT2D eigenvalue weighted by molar-refractivity contribution is 0.439. The van der Waals surface area contributed by atoms with Gasteiger partial charge in [-0.1, -0.05) is 18.2 Å². The van der Waals surface area contributed by atoms with Crippen molar-refractivity contribution >= 4 is 10.9 Å². The number of rotatable bonds is 4.